The summed E-state index contributed by atoms with van der Waals surface area (Å²) in [5.41, 5.74) is 0.991. The maximum absolute atomic E-state index is 13.8. The first kappa shape index (κ1) is 13.0. The molecule has 1 aliphatic heterocycles. The molecule has 0 saturated heterocycles. The van der Waals surface area contributed by atoms with Crippen LogP contribution < -0.4 is 0 Å². The molecule has 1 aromatic rings. The number of hydrogen-bond donors (Lipinski definition) is 1. The lowest BCUT2D eigenvalue weighted by Gasteiger charge is -2.40. The molecule has 104 valence electrons. The molecular weight excluding hydrogens is 248 g/mol. The third-order valence-corrected chi connectivity index (χ3v) is 4.49. The molecule has 2 unspecified atom stereocenters. The average Bonchev–Trinajstić information content (AvgIpc) is 2.43. The average molecular weight is 267 g/mol. The van der Waals surface area contributed by atoms with Crippen LogP contribution in [0.3, 0.4) is 0 Å². The minimum Gasteiger partial charge on any atom is -0.391 e. The Hall–Kier alpha value is -1.00. The van der Waals surface area contributed by atoms with E-state index in [9.17, 15) is 13.9 Å². The van der Waals surface area contributed by atoms with Gasteiger partial charge in [0.05, 0.1) is 6.10 Å². The van der Waals surface area contributed by atoms with Gasteiger partial charge in [0, 0.05) is 24.7 Å². The van der Waals surface area contributed by atoms with Gasteiger partial charge in [0.25, 0.3) is 0 Å². The van der Waals surface area contributed by atoms with Gasteiger partial charge in [0.15, 0.2) is 0 Å². The molecule has 0 amide bonds. The second-order valence-electron chi connectivity index (χ2n) is 5.63. The number of halogens is 2. The van der Waals surface area contributed by atoms with Crippen LogP contribution in [0.2, 0.25) is 0 Å². The Kier molecular flexibility index (Phi) is 3.54. The summed E-state index contributed by atoms with van der Waals surface area (Å²) in [6.45, 7) is 1.12. The van der Waals surface area contributed by atoms with Crippen molar-refractivity contribution in [3.63, 3.8) is 0 Å². The molecule has 1 saturated carbocycles. The van der Waals surface area contributed by atoms with Crippen molar-refractivity contribution in [3.05, 3.63) is 34.9 Å². The molecule has 19 heavy (non-hydrogen) atoms. The largest absolute Gasteiger partial charge is 0.391 e. The molecule has 2 nitrogen and oxygen atoms in total. The topological polar surface area (TPSA) is 23.5 Å². The minimum atomic E-state index is -0.327. The number of benzene rings is 1. The zero-order chi connectivity index (χ0) is 13.4. The van der Waals surface area contributed by atoms with Gasteiger partial charge in [-0.3, -0.25) is 4.90 Å². The third-order valence-electron chi connectivity index (χ3n) is 4.49. The van der Waals surface area contributed by atoms with Crippen LogP contribution in [0.1, 0.15) is 36.8 Å². The molecule has 0 radical (unpaired) electrons. The third kappa shape index (κ3) is 2.39. The lowest BCUT2D eigenvalue weighted by atomic mass is 9.89. The van der Waals surface area contributed by atoms with Gasteiger partial charge in [-0.2, -0.15) is 0 Å². The lowest BCUT2D eigenvalue weighted by molar-refractivity contribution is 0.0123. The van der Waals surface area contributed by atoms with E-state index in [1.807, 2.05) is 0 Å². The van der Waals surface area contributed by atoms with Crippen LogP contribution in [0.25, 0.3) is 0 Å². The predicted octanol–water partition coefficient (Wildman–Crippen LogP) is 2.63. The summed E-state index contributed by atoms with van der Waals surface area (Å²) in [5.74, 6) is -0.633. The number of fused-ring (bicyclic) bond motifs is 1. The Morgan fingerprint density at radius 3 is 2.47 bits per heavy atom. The summed E-state index contributed by atoms with van der Waals surface area (Å²) >= 11 is 0. The first-order chi connectivity index (χ1) is 9.16. The van der Waals surface area contributed by atoms with E-state index >= 15 is 0 Å². The Morgan fingerprint density at radius 1 is 1.05 bits per heavy atom. The van der Waals surface area contributed by atoms with E-state index in [1.165, 1.54) is 12.1 Å². The van der Waals surface area contributed by atoms with Crippen LogP contribution in [0.4, 0.5) is 8.78 Å². The predicted molar refractivity (Wildman–Crippen MR) is 68.7 cm³/mol. The lowest BCUT2D eigenvalue weighted by Crippen LogP contribution is -2.47. The van der Waals surface area contributed by atoms with Gasteiger partial charge in [-0.25, -0.2) is 8.78 Å². The van der Waals surface area contributed by atoms with Crippen LogP contribution in [-0.4, -0.2) is 28.7 Å². The van der Waals surface area contributed by atoms with Gasteiger partial charge in [0.1, 0.15) is 11.6 Å². The van der Waals surface area contributed by atoms with Crippen molar-refractivity contribution in [2.45, 2.75) is 50.8 Å². The number of aliphatic hydroxyl groups excluding tert-OH is 1. The van der Waals surface area contributed by atoms with Crippen molar-refractivity contribution in [1.82, 2.24) is 4.90 Å². The van der Waals surface area contributed by atoms with Crippen LogP contribution in [0, 0.1) is 11.6 Å². The Balaban J connectivity index is 1.83. The normalized spacial score (nSPS) is 28.2. The van der Waals surface area contributed by atoms with Crippen molar-refractivity contribution in [1.29, 1.82) is 0 Å². The Morgan fingerprint density at radius 2 is 1.74 bits per heavy atom. The highest BCUT2D eigenvalue weighted by Crippen LogP contribution is 2.30. The van der Waals surface area contributed by atoms with Gasteiger partial charge >= 0.3 is 0 Å². The first-order valence-electron chi connectivity index (χ1n) is 7.04. The van der Waals surface area contributed by atoms with Gasteiger partial charge in [-0.15, -0.1) is 0 Å². The highest BCUT2D eigenvalue weighted by Gasteiger charge is 2.32. The second-order valence-corrected chi connectivity index (χ2v) is 5.63. The summed E-state index contributed by atoms with van der Waals surface area (Å²) < 4.78 is 27.5. The molecule has 0 bridgehead atoms. The summed E-state index contributed by atoms with van der Waals surface area (Å²) in [6.07, 6.45) is 4.14. The monoisotopic (exact) mass is 267 g/mol. The molecule has 0 aromatic heterocycles. The second kappa shape index (κ2) is 5.17. The van der Waals surface area contributed by atoms with Gasteiger partial charge in [0.2, 0.25) is 0 Å². The molecule has 3 rings (SSSR count). The van der Waals surface area contributed by atoms with Gasteiger partial charge < -0.3 is 5.11 Å². The molecule has 4 heteroatoms. The summed E-state index contributed by atoms with van der Waals surface area (Å²) in [4.78, 5) is 2.12. The highest BCUT2D eigenvalue weighted by molar-refractivity contribution is 5.32. The molecule has 1 aliphatic carbocycles. The van der Waals surface area contributed by atoms with Gasteiger partial charge in [-0.1, -0.05) is 12.8 Å². The molecule has 2 aliphatic rings. The zero-order valence-electron chi connectivity index (χ0n) is 10.9. The highest BCUT2D eigenvalue weighted by atomic mass is 19.1. The molecule has 0 spiro atoms. The van der Waals surface area contributed by atoms with Crippen LogP contribution in [0.15, 0.2) is 12.1 Å². The summed E-state index contributed by atoms with van der Waals surface area (Å²) in [7, 11) is 0. The van der Waals surface area contributed by atoms with E-state index in [2.05, 4.69) is 4.90 Å². The Bertz CT molecular complexity index is 477. The molecular formula is C15H19F2NO. The van der Waals surface area contributed by atoms with Crippen molar-refractivity contribution >= 4 is 0 Å². The molecule has 1 heterocycles. The SMILES string of the molecule is OC1CCCCC1N1CCc2c(F)ccc(F)c2C1. The molecule has 1 N–H and O–H groups in total. The van der Waals surface area contributed by atoms with Crippen molar-refractivity contribution < 1.29 is 13.9 Å². The van der Waals surface area contributed by atoms with E-state index in [-0.39, 0.29) is 23.8 Å². The molecule has 1 aromatic carbocycles. The van der Waals surface area contributed by atoms with Gasteiger partial charge in [-0.05, 0) is 37.0 Å². The van der Waals surface area contributed by atoms with Crippen LogP contribution in [0.5, 0.6) is 0 Å². The maximum Gasteiger partial charge on any atom is 0.128 e. The fourth-order valence-electron chi connectivity index (χ4n) is 3.42. The van der Waals surface area contributed by atoms with E-state index < -0.39 is 0 Å². The number of aliphatic hydroxyl groups is 1. The van der Waals surface area contributed by atoms with E-state index in [1.54, 1.807) is 0 Å². The smallest absolute Gasteiger partial charge is 0.128 e. The number of hydrogen-bond acceptors (Lipinski definition) is 2. The minimum absolute atomic E-state index is 0.101. The summed E-state index contributed by atoms with van der Waals surface area (Å²) in [6, 6.07) is 2.51. The molecule has 2 atom stereocenters. The zero-order valence-corrected chi connectivity index (χ0v) is 10.9. The Labute approximate surface area is 112 Å². The fraction of sp³-hybridized carbons (Fsp3) is 0.600. The number of nitrogens with zero attached hydrogens (tertiary/aromatic N) is 1. The van der Waals surface area contributed by atoms with E-state index in [4.69, 9.17) is 0 Å². The van der Waals surface area contributed by atoms with Crippen molar-refractivity contribution in [2.24, 2.45) is 0 Å². The molecule has 1 fully saturated rings. The van der Waals surface area contributed by atoms with Crippen molar-refractivity contribution in [3.8, 4) is 0 Å². The van der Waals surface area contributed by atoms with Crippen LogP contribution in [-0.2, 0) is 13.0 Å². The standard InChI is InChI=1S/C15H19F2NO/c16-12-5-6-13(17)11-9-18(8-7-10(11)12)14-3-1-2-4-15(14)19/h5-6,14-15,19H,1-4,7-9H2. The fourth-order valence-corrected chi connectivity index (χ4v) is 3.42. The first-order valence-corrected chi connectivity index (χ1v) is 7.04. The summed E-state index contributed by atoms with van der Waals surface area (Å²) in [5, 5.41) is 10.1. The van der Waals surface area contributed by atoms with Crippen molar-refractivity contribution in [2.75, 3.05) is 6.54 Å². The van der Waals surface area contributed by atoms with E-state index in [0.717, 1.165) is 25.7 Å². The van der Waals surface area contributed by atoms with E-state index in [0.29, 0.717) is 30.6 Å². The van der Waals surface area contributed by atoms with Crippen LogP contribution >= 0.6 is 0 Å². The quantitative estimate of drug-likeness (QED) is 0.845. The maximum atomic E-state index is 13.8. The number of rotatable bonds is 1.